The molecule has 0 radical (unpaired) electrons. The molecule has 0 aliphatic heterocycles. The molecule has 0 N–H and O–H groups in total. The molecule has 0 bridgehead atoms. The lowest BCUT2D eigenvalue weighted by atomic mass is 9.78. The van der Waals surface area contributed by atoms with Gasteiger partial charge < -0.3 is 0 Å². The van der Waals surface area contributed by atoms with Crippen LogP contribution in [0.15, 0.2) is 48.5 Å². The molecule has 0 saturated carbocycles. The van der Waals surface area contributed by atoms with Crippen LogP contribution in [-0.4, -0.2) is 0 Å². The summed E-state index contributed by atoms with van der Waals surface area (Å²) in [6.07, 6.45) is 0.338. The maximum atomic E-state index is 13.9. The quantitative estimate of drug-likeness (QED) is 0.815. The summed E-state index contributed by atoms with van der Waals surface area (Å²) in [4.78, 5) is 0. The first kappa shape index (κ1) is 13.2. The van der Waals surface area contributed by atoms with Crippen molar-refractivity contribution in [2.75, 3.05) is 0 Å². The highest BCUT2D eigenvalue weighted by molar-refractivity contribution is 5.36. The summed E-state index contributed by atoms with van der Waals surface area (Å²) in [6.45, 7) is 1.62. The fourth-order valence-corrected chi connectivity index (χ4v) is 2.13. The zero-order valence-corrected chi connectivity index (χ0v) is 10.5. The minimum Gasteiger partial charge on any atom is -0.204 e. The van der Waals surface area contributed by atoms with Gasteiger partial charge in [0.1, 0.15) is 0 Å². The van der Waals surface area contributed by atoms with Crippen LogP contribution in [0, 0.1) is 23.0 Å². The monoisotopic (exact) mass is 257 g/mol. The van der Waals surface area contributed by atoms with Crippen molar-refractivity contribution in [1.82, 2.24) is 0 Å². The molecule has 0 heterocycles. The van der Waals surface area contributed by atoms with Crippen LogP contribution in [0.25, 0.3) is 0 Å². The van der Waals surface area contributed by atoms with Gasteiger partial charge in [-0.15, -0.1) is 0 Å². The molecule has 1 unspecified atom stereocenters. The van der Waals surface area contributed by atoms with Crippen LogP contribution in [0.2, 0.25) is 0 Å². The number of hydrogen-bond donors (Lipinski definition) is 0. The number of halogens is 2. The highest BCUT2D eigenvalue weighted by atomic mass is 19.2. The molecule has 0 aliphatic rings. The number of hydrogen-bond acceptors (Lipinski definition) is 1. The Morgan fingerprint density at radius 3 is 2.37 bits per heavy atom. The second-order valence-corrected chi connectivity index (χ2v) is 4.71. The average molecular weight is 257 g/mol. The van der Waals surface area contributed by atoms with E-state index in [0.29, 0.717) is 6.42 Å². The number of nitrogens with zero attached hydrogens (tertiary/aromatic N) is 1. The lowest BCUT2D eigenvalue weighted by Gasteiger charge is -2.23. The van der Waals surface area contributed by atoms with Gasteiger partial charge in [-0.1, -0.05) is 42.5 Å². The van der Waals surface area contributed by atoms with Crippen molar-refractivity contribution in [3.8, 4) is 6.07 Å². The van der Waals surface area contributed by atoms with E-state index in [2.05, 4.69) is 6.07 Å². The fraction of sp³-hybridized carbons (Fsp3) is 0.188. The van der Waals surface area contributed by atoms with Crippen molar-refractivity contribution in [2.24, 2.45) is 0 Å². The van der Waals surface area contributed by atoms with Gasteiger partial charge in [0.05, 0.1) is 11.5 Å². The number of nitriles is 1. The molecular weight excluding hydrogens is 244 g/mol. The largest absolute Gasteiger partial charge is 0.204 e. The van der Waals surface area contributed by atoms with Gasteiger partial charge in [0, 0.05) is 5.56 Å². The molecular formula is C16H13F2N. The summed E-state index contributed by atoms with van der Waals surface area (Å²) in [6, 6.07) is 15.4. The Bertz CT molecular complexity index is 616. The van der Waals surface area contributed by atoms with Crippen molar-refractivity contribution >= 4 is 0 Å². The van der Waals surface area contributed by atoms with E-state index < -0.39 is 17.0 Å². The van der Waals surface area contributed by atoms with Crippen LogP contribution in [0.1, 0.15) is 18.1 Å². The molecule has 0 saturated heterocycles. The molecule has 0 fully saturated rings. The number of rotatable bonds is 3. The first-order chi connectivity index (χ1) is 9.07. The lowest BCUT2D eigenvalue weighted by molar-refractivity contribution is 0.471. The van der Waals surface area contributed by atoms with Crippen molar-refractivity contribution in [2.45, 2.75) is 18.8 Å². The summed E-state index contributed by atoms with van der Waals surface area (Å²) in [7, 11) is 0. The summed E-state index contributed by atoms with van der Waals surface area (Å²) in [5.74, 6) is -1.87. The van der Waals surface area contributed by atoms with E-state index in [0.717, 1.165) is 11.6 Å². The predicted molar refractivity (Wildman–Crippen MR) is 69.5 cm³/mol. The van der Waals surface area contributed by atoms with Gasteiger partial charge in [-0.3, -0.25) is 0 Å². The normalized spacial score (nSPS) is 13.6. The predicted octanol–water partition coefficient (Wildman–Crippen LogP) is 3.99. The Labute approximate surface area is 111 Å². The minimum atomic E-state index is -1.09. The molecule has 1 nitrogen and oxygen atoms in total. The van der Waals surface area contributed by atoms with E-state index in [1.54, 1.807) is 6.92 Å². The second-order valence-electron chi connectivity index (χ2n) is 4.71. The average Bonchev–Trinajstić information content (AvgIpc) is 2.43. The summed E-state index contributed by atoms with van der Waals surface area (Å²) >= 11 is 0. The van der Waals surface area contributed by atoms with Crippen molar-refractivity contribution in [3.05, 3.63) is 71.3 Å². The molecule has 0 amide bonds. The standard InChI is InChI=1S/C16H13F2N/c1-16(11-19,10-12-6-3-2-4-7-12)13-8-5-9-14(17)15(13)18/h2-9H,10H2,1H3. The molecule has 2 rings (SSSR count). The van der Waals surface area contributed by atoms with Crippen LogP contribution in [0.3, 0.4) is 0 Å². The molecule has 96 valence electrons. The van der Waals surface area contributed by atoms with Gasteiger partial charge in [0.2, 0.25) is 0 Å². The number of benzene rings is 2. The third kappa shape index (κ3) is 2.63. The topological polar surface area (TPSA) is 23.8 Å². The Kier molecular flexibility index (Phi) is 3.62. The molecule has 1 atom stereocenters. The van der Waals surface area contributed by atoms with E-state index >= 15 is 0 Å². The molecule has 0 aliphatic carbocycles. The smallest absolute Gasteiger partial charge is 0.163 e. The van der Waals surface area contributed by atoms with Crippen LogP contribution in [-0.2, 0) is 11.8 Å². The Morgan fingerprint density at radius 1 is 1.05 bits per heavy atom. The van der Waals surface area contributed by atoms with E-state index in [4.69, 9.17) is 0 Å². The van der Waals surface area contributed by atoms with E-state index in [9.17, 15) is 14.0 Å². The fourth-order valence-electron chi connectivity index (χ4n) is 2.13. The van der Waals surface area contributed by atoms with E-state index in [1.807, 2.05) is 30.3 Å². The second kappa shape index (κ2) is 5.19. The third-order valence-corrected chi connectivity index (χ3v) is 3.19. The molecule has 19 heavy (non-hydrogen) atoms. The highest BCUT2D eigenvalue weighted by Crippen LogP contribution is 2.30. The Balaban J connectivity index is 2.43. The molecule has 3 heteroatoms. The SMILES string of the molecule is CC(C#N)(Cc1ccccc1)c1cccc(F)c1F. The van der Waals surface area contributed by atoms with Gasteiger partial charge in [-0.25, -0.2) is 8.78 Å². The molecule has 2 aromatic rings. The summed E-state index contributed by atoms with van der Waals surface area (Å²) < 4.78 is 27.2. The van der Waals surface area contributed by atoms with Crippen LogP contribution in [0.5, 0.6) is 0 Å². The van der Waals surface area contributed by atoms with E-state index in [1.165, 1.54) is 12.1 Å². The van der Waals surface area contributed by atoms with Gasteiger partial charge in [0.15, 0.2) is 11.6 Å². The van der Waals surface area contributed by atoms with E-state index in [-0.39, 0.29) is 5.56 Å². The Morgan fingerprint density at radius 2 is 1.74 bits per heavy atom. The summed E-state index contributed by atoms with van der Waals surface area (Å²) in [5.41, 5.74) is -0.0814. The van der Waals surface area contributed by atoms with Gasteiger partial charge >= 0.3 is 0 Å². The van der Waals surface area contributed by atoms with Crippen molar-refractivity contribution < 1.29 is 8.78 Å². The maximum absolute atomic E-state index is 13.9. The van der Waals surface area contributed by atoms with Gasteiger partial charge in [0.25, 0.3) is 0 Å². The molecule has 0 aromatic heterocycles. The summed E-state index contributed by atoms with van der Waals surface area (Å²) in [5, 5.41) is 9.38. The first-order valence-corrected chi connectivity index (χ1v) is 5.96. The van der Waals surface area contributed by atoms with Crippen molar-refractivity contribution in [3.63, 3.8) is 0 Å². The first-order valence-electron chi connectivity index (χ1n) is 5.96. The van der Waals surface area contributed by atoms with Crippen molar-refractivity contribution in [1.29, 1.82) is 5.26 Å². The lowest BCUT2D eigenvalue weighted by Crippen LogP contribution is -2.24. The molecule has 0 spiro atoms. The Hall–Kier alpha value is -2.21. The van der Waals surface area contributed by atoms with Gasteiger partial charge in [-0.2, -0.15) is 5.26 Å². The zero-order valence-electron chi connectivity index (χ0n) is 10.5. The molecule has 2 aromatic carbocycles. The zero-order chi connectivity index (χ0) is 13.9. The maximum Gasteiger partial charge on any atom is 0.163 e. The minimum absolute atomic E-state index is 0.0962. The van der Waals surface area contributed by atoms with Crippen LogP contribution < -0.4 is 0 Å². The highest BCUT2D eigenvalue weighted by Gasteiger charge is 2.31. The van der Waals surface area contributed by atoms with Crippen LogP contribution >= 0.6 is 0 Å². The van der Waals surface area contributed by atoms with Crippen LogP contribution in [0.4, 0.5) is 8.78 Å². The van der Waals surface area contributed by atoms with Gasteiger partial charge in [-0.05, 0) is 25.0 Å². The third-order valence-electron chi connectivity index (χ3n) is 3.19.